The summed E-state index contributed by atoms with van der Waals surface area (Å²) in [6.45, 7) is 2.61. The van der Waals surface area contributed by atoms with Crippen LogP contribution in [-0.2, 0) is 10.0 Å². The number of fused-ring (bicyclic) bond motifs is 1. The summed E-state index contributed by atoms with van der Waals surface area (Å²) < 4.78 is 28.4. The third kappa shape index (κ3) is 2.80. The van der Waals surface area contributed by atoms with Gasteiger partial charge in [-0.2, -0.15) is 8.42 Å². The summed E-state index contributed by atoms with van der Waals surface area (Å²) in [6, 6.07) is 13.3. The number of amidine groups is 1. The first kappa shape index (κ1) is 16.5. The molecule has 134 valence electrons. The minimum Gasteiger partial charge on any atom is -0.368 e. The summed E-state index contributed by atoms with van der Waals surface area (Å²) in [6.07, 6.45) is 0. The van der Waals surface area contributed by atoms with Gasteiger partial charge >= 0.3 is 0 Å². The van der Waals surface area contributed by atoms with Crippen LogP contribution in [0, 0.1) is 10.1 Å². The maximum absolute atomic E-state index is 12.2. The number of sulfonamides is 1. The molecular weight excluding hydrogens is 356 g/mol. The van der Waals surface area contributed by atoms with E-state index in [1.807, 2.05) is 11.0 Å². The molecule has 26 heavy (non-hydrogen) atoms. The van der Waals surface area contributed by atoms with Gasteiger partial charge in [0.05, 0.1) is 4.92 Å². The van der Waals surface area contributed by atoms with E-state index in [0.29, 0.717) is 37.6 Å². The van der Waals surface area contributed by atoms with Crippen LogP contribution >= 0.6 is 0 Å². The largest absolute Gasteiger partial charge is 0.368 e. The van der Waals surface area contributed by atoms with Gasteiger partial charge in [0.15, 0.2) is 5.84 Å². The molecule has 0 aromatic heterocycles. The van der Waals surface area contributed by atoms with Crippen LogP contribution < -0.4 is 4.90 Å². The lowest BCUT2D eigenvalue weighted by Crippen LogP contribution is -2.48. The number of piperazine rings is 1. The Kier molecular flexibility index (Phi) is 3.87. The number of nitro benzene ring substituents is 1. The standard InChI is InChI=1S/C17H16N4O4S/c22-21(23)14-7-5-13(6-8-14)19-9-11-20(12-10-19)17-15-3-1-2-4-16(15)26(24,25)18-17/h1-8H,9-12H2. The molecule has 2 heterocycles. The minimum atomic E-state index is -3.61. The average molecular weight is 372 g/mol. The number of non-ortho nitro benzene ring substituents is 1. The average Bonchev–Trinajstić information content (AvgIpc) is 2.94. The molecule has 1 saturated heterocycles. The highest BCUT2D eigenvalue weighted by Gasteiger charge is 2.32. The second-order valence-corrected chi connectivity index (χ2v) is 7.71. The topological polar surface area (TPSA) is 96.1 Å². The first-order valence-electron chi connectivity index (χ1n) is 8.14. The molecule has 0 atom stereocenters. The quantitative estimate of drug-likeness (QED) is 0.590. The van der Waals surface area contributed by atoms with E-state index in [2.05, 4.69) is 9.30 Å². The van der Waals surface area contributed by atoms with Gasteiger partial charge in [0.1, 0.15) is 4.90 Å². The Labute approximate surface area is 150 Å². The zero-order chi connectivity index (χ0) is 18.3. The Morgan fingerprint density at radius 2 is 1.54 bits per heavy atom. The normalized spacial score (nSPS) is 18.4. The van der Waals surface area contributed by atoms with Crippen LogP contribution in [0.1, 0.15) is 5.56 Å². The van der Waals surface area contributed by atoms with Crippen LogP contribution in [0.5, 0.6) is 0 Å². The van der Waals surface area contributed by atoms with Crippen LogP contribution in [0.3, 0.4) is 0 Å². The Balaban J connectivity index is 1.50. The maximum Gasteiger partial charge on any atom is 0.285 e. The van der Waals surface area contributed by atoms with E-state index in [-0.39, 0.29) is 10.6 Å². The molecule has 2 aromatic carbocycles. The number of nitro groups is 1. The van der Waals surface area contributed by atoms with Crippen molar-refractivity contribution in [2.45, 2.75) is 4.90 Å². The highest BCUT2D eigenvalue weighted by atomic mass is 32.2. The van der Waals surface area contributed by atoms with Crippen LogP contribution in [0.2, 0.25) is 0 Å². The summed E-state index contributed by atoms with van der Waals surface area (Å²) in [5.74, 6) is 0.504. The van der Waals surface area contributed by atoms with Gasteiger partial charge in [-0.3, -0.25) is 10.1 Å². The van der Waals surface area contributed by atoms with Crippen molar-refractivity contribution < 1.29 is 13.3 Å². The molecule has 2 aromatic rings. The molecule has 0 saturated carbocycles. The Hall–Kier alpha value is -2.94. The summed E-state index contributed by atoms with van der Waals surface area (Å²) >= 11 is 0. The minimum absolute atomic E-state index is 0.0644. The van der Waals surface area contributed by atoms with Crippen molar-refractivity contribution in [2.75, 3.05) is 31.1 Å². The van der Waals surface area contributed by atoms with Gasteiger partial charge in [-0.05, 0) is 24.3 Å². The van der Waals surface area contributed by atoms with E-state index in [1.165, 1.54) is 12.1 Å². The molecular formula is C17H16N4O4S. The fourth-order valence-corrected chi connectivity index (χ4v) is 4.51. The second kappa shape index (κ2) is 6.10. The van der Waals surface area contributed by atoms with E-state index in [4.69, 9.17) is 0 Å². The Bertz CT molecular complexity index is 994. The molecule has 4 rings (SSSR count). The first-order valence-corrected chi connectivity index (χ1v) is 9.58. The SMILES string of the molecule is O=[N+]([O-])c1ccc(N2CCN(C3=NS(=O)(=O)c4ccccc43)CC2)cc1. The molecule has 0 spiro atoms. The molecule has 2 aliphatic rings. The maximum atomic E-state index is 12.2. The Morgan fingerprint density at radius 1 is 0.923 bits per heavy atom. The van der Waals surface area contributed by atoms with Crippen molar-refractivity contribution in [2.24, 2.45) is 4.40 Å². The molecule has 8 nitrogen and oxygen atoms in total. The highest BCUT2D eigenvalue weighted by molar-refractivity contribution is 7.90. The van der Waals surface area contributed by atoms with Crippen molar-refractivity contribution in [3.05, 3.63) is 64.2 Å². The lowest BCUT2D eigenvalue weighted by atomic mass is 10.1. The summed E-state index contributed by atoms with van der Waals surface area (Å²) in [4.78, 5) is 14.7. The van der Waals surface area contributed by atoms with Gasteiger partial charge in [0.25, 0.3) is 15.7 Å². The fraction of sp³-hybridized carbons (Fsp3) is 0.235. The smallest absolute Gasteiger partial charge is 0.285 e. The zero-order valence-electron chi connectivity index (χ0n) is 13.8. The van der Waals surface area contributed by atoms with Crippen molar-refractivity contribution in [1.82, 2.24) is 4.90 Å². The number of rotatable bonds is 2. The molecule has 0 radical (unpaired) electrons. The zero-order valence-corrected chi connectivity index (χ0v) is 14.6. The van der Waals surface area contributed by atoms with Gasteiger partial charge in [0.2, 0.25) is 0 Å². The molecule has 9 heteroatoms. The van der Waals surface area contributed by atoms with Gasteiger partial charge in [-0.25, -0.2) is 0 Å². The third-order valence-electron chi connectivity index (χ3n) is 4.62. The number of hydrogen-bond donors (Lipinski definition) is 0. The summed E-state index contributed by atoms with van der Waals surface area (Å²) in [5, 5.41) is 10.8. The number of hydrogen-bond acceptors (Lipinski definition) is 6. The Morgan fingerprint density at radius 3 is 2.19 bits per heavy atom. The summed E-state index contributed by atoms with van der Waals surface area (Å²) in [5.41, 5.74) is 1.63. The third-order valence-corrected chi connectivity index (χ3v) is 5.94. The lowest BCUT2D eigenvalue weighted by molar-refractivity contribution is -0.384. The predicted octanol–water partition coefficient (Wildman–Crippen LogP) is 1.87. The van der Waals surface area contributed by atoms with Crippen molar-refractivity contribution >= 4 is 27.2 Å². The molecule has 2 aliphatic heterocycles. The molecule has 0 N–H and O–H groups in total. The first-order chi connectivity index (χ1) is 12.5. The molecule has 0 amide bonds. The van der Waals surface area contributed by atoms with Crippen molar-refractivity contribution in [3.8, 4) is 0 Å². The molecule has 0 aliphatic carbocycles. The van der Waals surface area contributed by atoms with Crippen LogP contribution in [0.4, 0.5) is 11.4 Å². The van der Waals surface area contributed by atoms with Crippen molar-refractivity contribution in [1.29, 1.82) is 0 Å². The van der Waals surface area contributed by atoms with Gasteiger partial charge in [0, 0.05) is 49.6 Å². The van der Waals surface area contributed by atoms with Crippen LogP contribution in [0.25, 0.3) is 0 Å². The van der Waals surface area contributed by atoms with Crippen LogP contribution in [0.15, 0.2) is 57.8 Å². The fourth-order valence-electron chi connectivity index (χ4n) is 3.28. The van der Waals surface area contributed by atoms with E-state index in [9.17, 15) is 18.5 Å². The molecule has 0 bridgehead atoms. The number of nitrogens with zero attached hydrogens (tertiary/aromatic N) is 4. The molecule has 0 unspecified atom stereocenters. The van der Waals surface area contributed by atoms with E-state index in [0.717, 1.165) is 5.69 Å². The van der Waals surface area contributed by atoms with E-state index in [1.54, 1.807) is 30.3 Å². The van der Waals surface area contributed by atoms with Gasteiger partial charge in [-0.15, -0.1) is 4.40 Å². The molecule has 1 fully saturated rings. The highest BCUT2D eigenvalue weighted by Crippen LogP contribution is 2.28. The van der Waals surface area contributed by atoms with Gasteiger partial charge in [-0.1, -0.05) is 12.1 Å². The van der Waals surface area contributed by atoms with Crippen molar-refractivity contribution in [3.63, 3.8) is 0 Å². The second-order valence-electron chi connectivity index (χ2n) is 6.13. The monoisotopic (exact) mass is 372 g/mol. The van der Waals surface area contributed by atoms with Gasteiger partial charge < -0.3 is 9.80 Å². The number of benzene rings is 2. The van der Waals surface area contributed by atoms with Crippen LogP contribution in [-0.4, -0.2) is 50.3 Å². The van der Waals surface area contributed by atoms with E-state index >= 15 is 0 Å². The predicted molar refractivity (Wildman–Crippen MR) is 97.0 cm³/mol. The van der Waals surface area contributed by atoms with E-state index < -0.39 is 14.9 Å². The summed E-state index contributed by atoms with van der Waals surface area (Å²) in [7, 11) is -3.61. The lowest BCUT2D eigenvalue weighted by Gasteiger charge is -2.37. The number of anilines is 1.